The third-order valence-electron chi connectivity index (χ3n) is 5.39. The molecule has 0 bridgehead atoms. The minimum Gasteiger partial charge on any atom is -0.383 e. The lowest BCUT2D eigenvalue weighted by molar-refractivity contribution is -0.131. The Bertz CT molecular complexity index is 1270. The van der Waals surface area contributed by atoms with Crippen LogP contribution in [0.2, 0.25) is 10.0 Å². The van der Waals surface area contributed by atoms with Crippen LogP contribution in [0, 0.1) is 6.92 Å². The minimum absolute atomic E-state index is 0.0404. The van der Waals surface area contributed by atoms with E-state index in [1.165, 1.54) is 0 Å². The number of carbonyl (C=O) groups is 1. The van der Waals surface area contributed by atoms with Gasteiger partial charge in [-0.1, -0.05) is 35.3 Å². The monoisotopic (exact) mass is 482 g/mol. The van der Waals surface area contributed by atoms with E-state index in [4.69, 9.17) is 32.9 Å². The van der Waals surface area contributed by atoms with Crippen molar-refractivity contribution >= 4 is 34.8 Å². The lowest BCUT2D eigenvalue weighted by atomic mass is 10.1. The Balaban J connectivity index is 1.72. The first-order chi connectivity index (χ1) is 16.0. The number of imidazole rings is 1. The SMILES string of the molecule is COCCN(Cc1ccccn1)C(=O)Cc1c(-c2ccc(Cl)c(Cl)c2)nc2cc(C)ccn12. The number of benzene rings is 1. The van der Waals surface area contributed by atoms with Crippen LogP contribution in [0.15, 0.2) is 60.9 Å². The molecule has 0 unspecified atom stereocenters. The molecule has 33 heavy (non-hydrogen) atoms. The second kappa shape index (κ2) is 10.3. The molecule has 0 radical (unpaired) electrons. The molecule has 0 aliphatic carbocycles. The Morgan fingerprint density at radius 1 is 1.12 bits per heavy atom. The van der Waals surface area contributed by atoms with Gasteiger partial charge in [-0.3, -0.25) is 9.78 Å². The molecule has 8 heteroatoms. The molecule has 4 aromatic rings. The number of rotatable bonds is 8. The topological polar surface area (TPSA) is 59.7 Å². The Hall–Kier alpha value is -2.93. The van der Waals surface area contributed by atoms with Crippen molar-refractivity contribution in [3.05, 3.63) is 87.9 Å². The van der Waals surface area contributed by atoms with Gasteiger partial charge >= 0.3 is 0 Å². The summed E-state index contributed by atoms with van der Waals surface area (Å²) < 4.78 is 7.19. The smallest absolute Gasteiger partial charge is 0.229 e. The largest absolute Gasteiger partial charge is 0.383 e. The molecule has 3 heterocycles. The number of pyridine rings is 2. The van der Waals surface area contributed by atoms with Crippen molar-refractivity contribution in [2.75, 3.05) is 20.3 Å². The van der Waals surface area contributed by atoms with Crippen molar-refractivity contribution in [3.63, 3.8) is 0 Å². The zero-order valence-electron chi connectivity index (χ0n) is 18.5. The molecule has 0 N–H and O–H groups in total. The summed E-state index contributed by atoms with van der Waals surface area (Å²) in [5.41, 5.74) is 4.98. The maximum atomic E-state index is 13.5. The molecule has 0 spiro atoms. The lowest BCUT2D eigenvalue weighted by Crippen LogP contribution is -2.35. The molecule has 0 saturated heterocycles. The summed E-state index contributed by atoms with van der Waals surface area (Å²) in [6.45, 7) is 3.31. The zero-order valence-corrected chi connectivity index (χ0v) is 20.0. The van der Waals surface area contributed by atoms with Crippen LogP contribution in [0.3, 0.4) is 0 Å². The molecule has 0 aliphatic heterocycles. The lowest BCUT2D eigenvalue weighted by Gasteiger charge is -2.22. The third kappa shape index (κ3) is 5.36. The minimum atomic E-state index is -0.0404. The van der Waals surface area contributed by atoms with Crippen LogP contribution in [0.5, 0.6) is 0 Å². The maximum Gasteiger partial charge on any atom is 0.229 e. The van der Waals surface area contributed by atoms with Crippen molar-refractivity contribution in [2.45, 2.75) is 19.9 Å². The number of carbonyl (C=O) groups excluding carboxylic acids is 1. The van der Waals surface area contributed by atoms with E-state index >= 15 is 0 Å². The van der Waals surface area contributed by atoms with Gasteiger partial charge in [0.2, 0.25) is 5.91 Å². The molecular formula is C25H24Cl2N4O2. The molecule has 6 nitrogen and oxygen atoms in total. The maximum absolute atomic E-state index is 13.5. The van der Waals surface area contributed by atoms with Crippen LogP contribution in [-0.2, 0) is 22.5 Å². The predicted molar refractivity (Wildman–Crippen MR) is 131 cm³/mol. The number of halogens is 2. The molecule has 0 atom stereocenters. The number of fused-ring (bicyclic) bond motifs is 1. The van der Waals surface area contributed by atoms with Crippen molar-refractivity contribution in [1.82, 2.24) is 19.3 Å². The van der Waals surface area contributed by atoms with E-state index < -0.39 is 0 Å². The van der Waals surface area contributed by atoms with Gasteiger partial charge in [-0.15, -0.1) is 0 Å². The molecule has 0 fully saturated rings. The number of methoxy groups -OCH3 is 1. The quantitative estimate of drug-likeness (QED) is 0.345. The zero-order chi connectivity index (χ0) is 23.4. The number of ether oxygens (including phenoxy) is 1. The Morgan fingerprint density at radius 2 is 1.97 bits per heavy atom. The van der Waals surface area contributed by atoms with Gasteiger partial charge < -0.3 is 14.0 Å². The summed E-state index contributed by atoms with van der Waals surface area (Å²) in [4.78, 5) is 24.4. The van der Waals surface area contributed by atoms with Gasteiger partial charge in [0.15, 0.2) is 0 Å². The second-order valence-electron chi connectivity index (χ2n) is 7.77. The third-order valence-corrected chi connectivity index (χ3v) is 6.13. The van der Waals surface area contributed by atoms with Gasteiger partial charge in [0.25, 0.3) is 0 Å². The van der Waals surface area contributed by atoms with Crippen molar-refractivity contribution in [3.8, 4) is 11.3 Å². The first-order valence-electron chi connectivity index (χ1n) is 10.6. The summed E-state index contributed by atoms with van der Waals surface area (Å²) >= 11 is 12.4. The summed E-state index contributed by atoms with van der Waals surface area (Å²) in [5.74, 6) is -0.0404. The van der Waals surface area contributed by atoms with Crippen LogP contribution < -0.4 is 0 Å². The first-order valence-corrected chi connectivity index (χ1v) is 11.3. The number of aromatic nitrogens is 3. The van der Waals surface area contributed by atoms with E-state index in [1.807, 2.05) is 53.9 Å². The van der Waals surface area contributed by atoms with Crippen LogP contribution in [0.1, 0.15) is 17.0 Å². The molecule has 0 saturated carbocycles. The number of amides is 1. The highest BCUT2D eigenvalue weighted by Crippen LogP contribution is 2.31. The van der Waals surface area contributed by atoms with Gasteiger partial charge in [0.1, 0.15) is 5.65 Å². The fraction of sp³-hybridized carbons (Fsp3) is 0.240. The van der Waals surface area contributed by atoms with Crippen LogP contribution in [-0.4, -0.2) is 45.4 Å². The average Bonchev–Trinajstić information content (AvgIpc) is 3.16. The number of nitrogens with zero attached hydrogens (tertiary/aromatic N) is 4. The summed E-state index contributed by atoms with van der Waals surface area (Å²) in [5, 5.41) is 0.912. The van der Waals surface area contributed by atoms with Gasteiger partial charge in [-0.05, 0) is 48.9 Å². The summed E-state index contributed by atoms with van der Waals surface area (Å²) in [7, 11) is 1.62. The average molecular weight is 483 g/mol. The van der Waals surface area contributed by atoms with E-state index in [0.717, 1.165) is 28.2 Å². The molecule has 1 aromatic carbocycles. The molecule has 1 amide bonds. The van der Waals surface area contributed by atoms with E-state index in [1.54, 1.807) is 30.3 Å². The molecular weight excluding hydrogens is 459 g/mol. The van der Waals surface area contributed by atoms with Crippen molar-refractivity contribution in [2.24, 2.45) is 0 Å². The van der Waals surface area contributed by atoms with Crippen LogP contribution >= 0.6 is 23.2 Å². The van der Waals surface area contributed by atoms with Gasteiger partial charge in [-0.2, -0.15) is 0 Å². The number of hydrogen-bond acceptors (Lipinski definition) is 4. The van der Waals surface area contributed by atoms with Gasteiger partial charge in [0.05, 0.1) is 46.7 Å². The number of aryl methyl sites for hydroxylation is 1. The fourth-order valence-electron chi connectivity index (χ4n) is 3.68. The summed E-state index contributed by atoms with van der Waals surface area (Å²) in [6.07, 6.45) is 3.83. The van der Waals surface area contributed by atoms with Gasteiger partial charge in [-0.25, -0.2) is 4.98 Å². The first kappa shape index (κ1) is 23.2. The molecule has 3 aromatic heterocycles. The van der Waals surface area contributed by atoms with Crippen LogP contribution in [0.4, 0.5) is 0 Å². The van der Waals surface area contributed by atoms with Crippen molar-refractivity contribution < 1.29 is 9.53 Å². The fourth-order valence-corrected chi connectivity index (χ4v) is 3.97. The van der Waals surface area contributed by atoms with E-state index in [-0.39, 0.29) is 12.3 Å². The highest BCUT2D eigenvalue weighted by Gasteiger charge is 2.22. The Morgan fingerprint density at radius 3 is 2.70 bits per heavy atom. The van der Waals surface area contributed by atoms with E-state index in [2.05, 4.69) is 4.98 Å². The molecule has 170 valence electrons. The predicted octanol–water partition coefficient (Wildman–Crippen LogP) is 5.23. The second-order valence-corrected chi connectivity index (χ2v) is 8.59. The molecule has 4 rings (SSSR count). The Labute approximate surface area is 202 Å². The molecule has 0 aliphatic rings. The van der Waals surface area contributed by atoms with E-state index in [9.17, 15) is 4.79 Å². The van der Waals surface area contributed by atoms with E-state index in [0.29, 0.717) is 35.4 Å². The highest BCUT2D eigenvalue weighted by molar-refractivity contribution is 6.42. The van der Waals surface area contributed by atoms with Crippen molar-refractivity contribution in [1.29, 1.82) is 0 Å². The van der Waals surface area contributed by atoms with Gasteiger partial charge in [0, 0.05) is 31.6 Å². The number of hydrogen-bond donors (Lipinski definition) is 0. The highest BCUT2D eigenvalue weighted by atomic mass is 35.5. The normalized spacial score (nSPS) is 11.2. The Kier molecular flexibility index (Phi) is 7.28. The van der Waals surface area contributed by atoms with Crippen LogP contribution in [0.25, 0.3) is 16.9 Å². The standard InChI is InChI=1S/C25H24Cl2N4O2/c1-17-8-10-31-22(25(29-23(31)13-17)18-6-7-20(26)21(27)14-18)15-24(32)30(11-12-33-2)16-19-5-3-4-9-28-19/h3-10,13-14H,11-12,15-16H2,1-2H3. The summed E-state index contributed by atoms with van der Waals surface area (Å²) in [6, 6.07) is 15.1.